The van der Waals surface area contributed by atoms with Crippen LogP contribution in [0, 0.1) is 5.92 Å². The Kier molecular flexibility index (Phi) is 4.16. The van der Waals surface area contributed by atoms with Gasteiger partial charge in [0.1, 0.15) is 5.75 Å². The Bertz CT molecular complexity index is 537. The van der Waals surface area contributed by atoms with E-state index >= 15 is 0 Å². The quantitative estimate of drug-likeness (QED) is 0.895. The number of nitrogens with zero attached hydrogens (tertiary/aromatic N) is 2. The van der Waals surface area contributed by atoms with E-state index in [-0.39, 0.29) is 6.04 Å². The summed E-state index contributed by atoms with van der Waals surface area (Å²) in [7, 11) is 1.61. The molecule has 0 saturated heterocycles. The summed E-state index contributed by atoms with van der Waals surface area (Å²) in [5, 5.41) is 3.95. The molecule has 1 atom stereocenters. The maximum Gasteiger partial charge on any atom is 0.261 e. The van der Waals surface area contributed by atoms with Crippen molar-refractivity contribution in [1.29, 1.82) is 0 Å². The van der Waals surface area contributed by atoms with Gasteiger partial charge in [-0.2, -0.15) is 4.98 Å². The summed E-state index contributed by atoms with van der Waals surface area (Å²) in [5.74, 6) is 2.17. The van der Waals surface area contributed by atoms with Crippen molar-refractivity contribution in [3.8, 4) is 17.2 Å². The Hall–Kier alpha value is -1.88. The topological polar surface area (TPSA) is 74.2 Å². The van der Waals surface area contributed by atoms with Crippen molar-refractivity contribution in [2.24, 2.45) is 11.7 Å². The number of benzene rings is 1. The van der Waals surface area contributed by atoms with E-state index in [1.54, 1.807) is 7.11 Å². The van der Waals surface area contributed by atoms with Gasteiger partial charge in [0.2, 0.25) is 0 Å². The van der Waals surface area contributed by atoms with E-state index in [9.17, 15) is 0 Å². The van der Waals surface area contributed by atoms with Crippen molar-refractivity contribution in [1.82, 2.24) is 10.1 Å². The summed E-state index contributed by atoms with van der Waals surface area (Å²) in [6.45, 7) is 4.22. The zero-order valence-corrected chi connectivity index (χ0v) is 11.5. The number of hydrogen-bond donors (Lipinski definition) is 1. The normalized spacial score (nSPS) is 12.7. The number of aromatic nitrogens is 2. The predicted octanol–water partition coefficient (Wildman–Crippen LogP) is 2.79. The van der Waals surface area contributed by atoms with Crippen molar-refractivity contribution in [2.45, 2.75) is 26.3 Å². The van der Waals surface area contributed by atoms with E-state index in [1.165, 1.54) is 0 Å². The minimum absolute atomic E-state index is 0.202. The van der Waals surface area contributed by atoms with E-state index in [1.807, 2.05) is 24.3 Å². The molecule has 102 valence electrons. The smallest absolute Gasteiger partial charge is 0.261 e. The van der Waals surface area contributed by atoms with Gasteiger partial charge in [-0.25, -0.2) is 0 Å². The van der Waals surface area contributed by atoms with E-state index < -0.39 is 0 Å². The van der Waals surface area contributed by atoms with Gasteiger partial charge in [0, 0.05) is 0 Å². The first-order chi connectivity index (χ1) is 9.11. The molecule has 1 unspecified atom stereocenters. The Morgan fingerprint density at radius 3 is 2.74 bits per heavy atom. The number of hydrogen-bond acceptors (Lipinski definition) is 5. The van der Waals surface area contributed by atoms with Crippen LogP contribution >= 0.6 is 0 Å². The van der Waals surface area contributed by atoms with Crippen LogP contribution in [0.1, 0.15) is 32.1 Å². The lowest BCUT2D eigenvalue weighted by Gasteiger charge is -2.08. The third-order valence-corrected chi connectivity index (χ3v) is 2.84. The molecule has 0 aliphatic carbocycles. The lowest BCUT2D eigenvalue weighted by Crippen LogP contribution is -2.14. The highest BCUT2D eigenvalue weighted by atomic mass is 16.5. The van der Waals surface area contributed by atoms with E-state index in [4.69, 9.17) is 15.0 Å². The molecule has 1 aromatic carbocycles. The molecule has 0 bridgehead atoms. The molecule has 5 heteroatoms. The molecule has 0 saturated carbocycles. The molecule has 0 aliphatic rings. The molecule has 2 aromatic rings. The molecule has 1 aromatic heterocycles. The van der Waals surface area contributed by atoms with Gasteiger partial charge < -0.3 is 15.0 Å². The van der Waals surface area contributed by atoms with Crippen molar-refractivity contribution in [2.75, 3.05) is 7.11 Å². The van der Waals surface area contributed by atoms with Crippen molar-refractivity contribution in [3.63, 3.8) is 0 Å². The van der Waals surface area contributed by atoms with Crippen molar-refractivity contribution >= 4 is 0 Å². The summed E-state index contributed by atoms with van der Waals surface area (Å²) in [5.41, 5.74) is 6.82. The van der Waals surface area contributed by atoms with E-state index in [0.717, 1.165) is 12.0 Å². The Balaban J connectivity index is 2.25. The van der Waals surface area contributed by atoms with Crippen LogP contribution in [-0.2, 0) is 0 Å². The van der Waals surface area contributed by atoms with Gasteiger partial charge in [-0.1, -0.05) is 31.1 Å². The van der Waals surface area contributed by atoms with Crippen LogP contribution in [0.15, 0.2) is 28.8 Å². The minimum Gasteiger partial charge on any atom is -0.496 e. The molecule has 2 rings (SSSR count). The third-order valence-electron chi connectivity index (χ3n) is 2.84. The van der Waals surface area contributed by atoms with Crippen LogP contribution in [-0.4, -0.2) is 17.3 Å². The number of rotatable bonds is 5. The van der Waals surface area contributed by atoms with Gasteiger partial charge >= 0.3 is 0 Å². The standard InChI is InChI=1S/C14H19N3O2/c1-9(2)8-11(15)13-16-14(19-17-13)10-6-4-5-7-12(10)18-3/h4-7,9,11H,8,15H2,1-3H3. The SMILES string of the molecule is COc1ccccc1-c1nc(C(N)CC(C)C)no1. The summed E-state index contributed by atoms with van der Waals surface area (Å²) < 4.78 is 10.5. The van der Waals surface area contributed by atoms with Gasteiger partial charge in [-0.3, -0.25) is 0 Å². The predicted molar refractivity (Wildman–Crippen MR) is 72.7 cm³/mol. The first kappa shape index (κ1) is 13.5. The monoisotopic (exact) mass is 261 g/mol. The molecule has 1 heterocycles. The summed E-state index contributed by atoms with van der Waals surface area (Å²) >= 11 is 0. The van der Waals surface area contributed by atoms with Gasteiger partial charge in [0.25, 0.3) is 5.89 Å². The van der Waals surface area contributed by atoms with Crippen molar-refractivity contribution in [3.05, 3.63) is 30.1 Å². The fourth-order valence-electron chi connectivity index (χ4n) is 1.93. The van der Waals surface area contributed by atoms with Gasteiger partial charge in [0.05, 0.1) is 18.7 Å². The van der Waals surface area contributed by atoms with E-state index in [0.29, 0.717) is 23.4 Å². The minimum atomic E-state index is -0.202. The summed E-state index contributed by atoms with van der Waals surface area (Å²) in [6.07, 6.45) is 0.824. The lowest BCUT2D eigenvalue weighted by molar-refractivity contribution is 0.395. The second kappa shape index (κ2) is 5.84. The summed E-state index contributed by atoms with van der Waals surface area (Å²) in [4.78, 5) is 4.36. The molecule has 0 fully saturated rings. The fourth-order valence-corrected chi connectivity index (χ4v) is 1.93. The van der Waals surface area contributed by atoms with Gasteiger partial charge in [-0.15, -0.1) is 0 Å². The molecule has 0 spiro atoms. The van der Waals surface area contributed by atoms with Crippen LogP contribution in [0.3, 0.4) is 0 Å². The molecule has 0 radical (unpaired) electrons. The van der Waals surface area contributed by atoms with Crippen LogP contribution in [0.2, 0.25) is 0 Å². The zero-order chi connectivity index (χ0) is 13.8. The average molecular weight is 261 g/mol. The average Bonchev–Trinajstić information content (AvgIpc) is 2.87. The number of ether oxygens (including phenoxy) is 1. The Labute approximate surface area is 112 Å². The first-order valence-electron chi connectivity index (χ1n) is 6.34. The van der Waals surface area contributed by atoms with Gasteiger partial charge in [0.15, 0.2) is 5.82 Å². The highest BCUT2D eigenvalue weighted by Crippen LogP contribution is 2.29. The zero-order valence-electron chi connectivity index (χ0n) is 11.5. The molecular weight excluding hydrogens is 242 g/mol. The number of nitrogens with two attached hydrogens (primary N) is 1. The van der Waals surface area contributed by atoms with Gasteiger partial charge in [-0.05, 0) is 24.5 Å². The second-order valence-electron chi connectivity index (χ2n) is 4.89. The largest absolute Gasteiger partial charge is 0.496 e. The second-order valence-corrected chi connectivity index (χ2v) is 4.89. The highest BCUT2D eigenvalue weighted by Gasteiger charge is 2.18. The molecular formula is C14H19N3O2. The maximum absolute atomic E-state index is 6.04. The van der Waals surface area contributed by atoms with Crippen molar-refractivity contribution < 1.29 is 9.26 Å². The molecule has 19 heavy (non-hydrogen) atoms. The van der Waals surface area contributed by atoms with Crippen LogP contribution < -0.4 is 10.5 Å². The fraction of sp³-hybridized carbons (Fsp3) is 0.429. The maximum atomic E-state index is 6.04. The first-order valence-corrected chi connectivity index (χ1v) is 6.34. The third kappa shape index (κ3) is 3.12. The Morgan fingerprint density at radius 2 is 2.05 bits per heavy atom. The van der Waals surface area contributed by atoms with Crippen LogP contribution in [0.5, 0.6) is 5.75 Å². The molecule has 2 N–H and O–H groups in total. The Morgan fingerprint density at radius 1 is 1.32 bits per heavy atom. The highest BCUT2D eigenvalue weighted by molar-refractivity contribution is 5.62. The van der Waals surface area contributed by atoms with Crippen LogP contribution in [0.4, 0.5) is 0 Å². The van der Waals surface area contributed by atoms with Crippen LogP contribution in [0.25, 0.3) is 11.5 Å². The molecule has 5 nitrogen and oxygen atoms in total. The lowest BCUT2D eigenvalue weighted by atomic mass is 10.0. The summed E-state index contributed by atoms with van der Waals surface area (Å²) in [6, 6.07) is 7.32. The molecule has 0 aliphatic heterocycles. The number of methoxy groups -OCH3 is 1. The van der Waals surface area contributed by atoms with E-state index in [2.05, 4.69) is 24.0 Å². The molecule has 0 amide bonds. The number of para-hydroxylation sites is 1.